The molecule has 0 saturated heterocycles. The van der Waals surface area contributed by atoms with Gasteiger partial charge in [-0.05, 0) is 63.8 Å². The zero-order chi connectivity index (χ0) is 14.0. The van der Waals surface area contributed by atoms with Crippen LogP contribution in [0.3, 0.4) is 0 Å². The number of benzene rings is 1. The van der Waals surface area contributed by atoms with Gasteiger partial charge in [-0.3, -0.25) is 0 Å². The fourth-order valence-electron chi connectivity index (χ4n) is 2.10. The summed E-state index contributed by atoms with van der Waals surface area (Å²) in [5.41, 5.74) is 3.34. The molecule has 2 rings (SSSR count). The van der Waals surface area contributed by atoms with Crippen molar-refractivity contribution in [3.63, 3.8) is 0 Å². The number of aryl methyl sites for hydroxylation is 1. The lowest BCUT2D eigenvalue weighted by atomic mass is 9.90. The maximum Gasteiger partial charge on any atom is 0.145 e. The third-order valence-corrected chi connectivity index (χ3v) is 4.63. The molecule has 3 nitrogen and oxygen atoms in total. The van der Waals surface area contributed by atoms with E-state index in [1.807, 2.05) is 32.9 Å². The van der Waals surface area contributed by atoms with Crippen LogP contribution in [0.4, 0.5) is 0 Å². The minimum atomic E-state index is -1.19. The van der Waals surface area contributed by atoms with Crippen molar-refractivity contribution in [2.45, 2.75) is 44.8 Å². The average Bonchev–Trinajstić information content (AvgIpc) is 2.37. The van der Waals surface area contributed by atoms with Crippen LogP contribution in [0.15, 0.2) is 22.6 Å². The maximum atomic E-state index is 12.2. The molecule has 0 amide bonds. The fraction of sp³-hybridized carbons (Fsp3) is 0.533. The van der Waals surface area contributed by atoms with Gasteiger partial charge in [-0.1, -0.05) is 0 Å². The van der Waals surface area contributed by atoms with E-state index in [1.165, 1.54) is 5.56 Å². The van der Waals surface area contributed by atoms with Gasteiger partial charge in [0.05, 0.1) is 17.6 Å². The second-order valence-electron chi connectivity index (χ2n) is 5.78. The first-order valence-corrected chi connectivity index (χ1v) is 7.69. The van der Waals surface area contributed by atoms with Gasteiger partial charge in [0.2, 0.25) is 0 Å². The molecule has 1 aromatic rings. The lowest BCUT2D eigenvalue weighted by Gasteiger charge is -2.20. The van der Waals surface area contributed by atoms with E-state index in [4.69, 9.17) is 4.74 Å². The summed E-state index contributed by atoms with van der Waals surface area (Å²) < 4.78 is 21.6. The van der Waals surface area contributed by atoms with Crippen molar-refractivity contribution in [3.05, 3.63) is 29.3 Å². The highest BCUT2D eigenvalue weighted by Crippen LogP contribution is 2.27. The number of nitrogens with zero attached hydrogens (tertiary/aromatic N) is 1. The molecule has 1 atom stereocenters. The Kier molecular flexibility index (Phi) is 4.09. The summed E-state index contributed by atoms with van der Waals surface area (Å²) in [5, 5.41) is 0. The quantitative estimate of drug-likeness (QED) is 0.833. The predicted octanol–water partition coefficient (Wildman–Crippen LogP) is 3.28. The zero-order valence-corrected chi connectivity index (χ0v) is 12.8. The van der Waals surface area contributed by atoms with Gasteiger partial charge < -0.3 is 4.74 Å². The lowest BCUT2D eigenvalue weighted by molar-refractivity contribution is 0.414. The van der Waals surface area contributed by atoms with E-state index < -0.39 is 11.0 Å². The monoisotopic (exact) mass is 279 g/mol. The highest BCUT2D eigenvalue weighted by Gasteiger charge is 2.22. The van der Waals surface area contributed by atoms with Crippen LogP contribution in [0.1, 0.15) is 44.7 Å². The van der Waals surface area contributed by atoms with E-state index in [0.717, 1.165) is 36.3 Å². The van der Waals surface area contributed by atoms with E-state index in [9.17, 15) is 4.21 Å². The molecule has 0 heterocycles. The van der Waals surface area contributed by atoms with Crippen LogP contribution in [-0.2, 0) is 17.4 Å². The first kappa shape index (κ1) is 14.3. The number of methoxy groups -OCH3 is 1. The van der Waals surface area contributed by atoms with E-state index in [0.29, 0.717) is 0 Å². The van der Waals surface area contributed by atoms with Gasteiger partial charge in [-0.25, -0.2) is 4.21 Å². The van der Waals surface area contributed by atoms with E-state index in [-0.39, 0.29) is 4.75 Å². The summed E-state index contributed by atoms with van der Waals surface area (Å²) in [6.45, 7) is 5.85. The van der Waals surface area contributed by atoms with Crippen molar-refractivity contribution in [3.8, 4) is 5.75 Å². The maximum absolute atomic E-state index is 12.2. The molecular weight excluding hydrogens is 258 g/mol. The Morgan fingerprint density at radius 3 is 2.63 bits per heavy atom. The van der Waals surface area contributed by atoms with Crippen LogP contribution >= 0.6 is 0 Å². The molecule has 104 valence electrons. The van der Waals surface area contributed by atoms with Crippen LogP contribution in [0.25, 0.3) is 0 Å². The first-order valence-electron chi connectivity index (χ1n) is 6.58. The summed E-state index contributed by atoms with van der Waals surface area (Å²) in [7, 11) is 0.482. The molecule has 0 saturated carbocycles. The number of rotatable bonds is 2. The molecule has 0 N–H and O–H groups in total. The normalized spacial score (nSPS) is 19.1. The first-order chi connectivity index (χ1) is 8.91. The van der Waals surface area contributed by atoms with Gasteiger partial charge in [0, 0.05) is 5.56 Å². The van der Waals surface area contributed by atoms with Gasteiger partial charge in [0.25, 0.3) is 0 Å². The minimum Gasteiger partial charge on any atom is -0.497 e. The van der Waals surface area contributed by atoms with Gasteiger partial charge in [0.15, 0.2) is 0 Å². The van der Waals surface area contributed by atoms with E-state index >= 15 is 0 Å². The van der Waals surface area contributed by atoms with Gasteiger partial charge >= 0.3 is 0 Å². The van der Waals surface area contributed by atoms with Crippen molar-refractivity contribution < 1.29 is 8.95 Å². The van der Waals surface area contributed by atoms with E-state index in [2.05, 4.69) is 10.5 Å². The molecule has 4 heteroatoms. The number of hydrogen-bond acceptors (Lipinski definition) is 2. The molecule has 1 aromatic carbocycles. The fourth-order valence-corrected chi connectivity index (χ4v) is 2.76. The predicted molar refractivity (Wildman–Crippen MR) is 80.4 cm³/mol. The Bertz CT molecular complexity index is 529. The van der Waals surface area contributed by atoms with Crippen molar-refractivity contribution in [1.29, 1.82) is 0 Å². The van der Waals surface area contributed by atoms with Crippen LogP contribution in [0, 0.1) is 0 Å². The molecule has 0 bridgehead atoms. The Morgan fingerprint density at radius 2 is 2.00 bits per heavy atom. The number of ether oxygens (including phenoxy) is 1. The molecule has 0 aromatic heterocycles. The average molecular weight is 279 g/mol. The number of fused-ring (bicyclic) bond motifs is 1. The van der Waals surface area contributed by atoms with Gasteiger partial charge in [-0.15, -0.1) is 0 Å². The Hall–Kier alpha value is -1.16. The SMILES string of the molecule is COc1ccc2c(c1)CCC/C2=N\[S@](=O)C(C)(C)C. The van der Waals surface area contributed by atoms with Crippen LogP contribution < -0.4 is 4.74 Å². The molecule has 0 radical (unpaired) electrons. The summed E-state index contributed by atoms with van der Waals surface area (Å²) in [6, 6.07) is 6.04. The molecule has 1 aliphatic rings. The van der Waals surface area contributed by atoms with Crippen molar-refractivity contribution in [1.82, 2.24) is 0 Å². The van der Waals surface area contributed by atoms with Crippen LogP contribution in [-0.4, -0.2) is 21.8 Å². The van der Waals surface area contributed by atoms with Crippen molar-refractivity contribution in [2.75, 3.05) is 7.11 Å². The Morgan fingerprint density at radius 1 is 1.26 bits per heavy atom. The second-order valence-corrected chi connectivity index (χ2v) is 7.68. The third-order valence-electron chi connectivity index (χ3n) is 3.20. The molecular formula is C15H21NO2S. The molecule has 0 unspecified atom stereocenters. The molecule has 0 aliphatic heterocycles. The molecule has 0 fully saturated rings. The largest absolute Gasteiger partial charge is 0.497 e. The van der Waals surface area contributed by atoms with Crippen molar-refractivity contribution >= 4 is 16.7 Å². The topological polar surface area (TPSA) is 38.7 Å². The molecule has 0 spiro atoms. The van der Waals surface area contributed by atoms with E-state index in [1.54, 1.807) is 7.11 Å². The Labute approximate surface area is 117 Å². The summed E-state index contributed by atoms with van der Waals surface area (Å²) in [5.74, 6) is 0.872. The summed E-state index contributed by atoms with van der Waals surface area (Å²) >= 11 is 0. The standard InChI is InChI=1S/C15H21NO2S/c1-15(2,3)19(17)16-14-7-5-6-11-10-12(18-4)8-9-13(11)14/h8-10H,5-7H2,1-4H3/b16-14+/t19-/m1/s1. The van der Waals surface area contributed by atoms with Gasteiger partial charge in [0.1, 0.15) is 16.7 Å². The van der Waals surface area contributed by atoms with Crippen LogP contribution in [0.2, 0.25) is 0 Å². The summed E-state index contributed by atoms with van der Waals surface area (Å²) in [6.07, 6.45) is 3.00. The Balaban J connectivity index is 2.38. The van der Waals surface area contributed by atoms with Crippen molar-refractivity contribution in [2.24, 2.45) is 4.40 Å². The molecule has 1 aliphatic carbocycles. The minimum absolute atomic E-state index is 0.308. The summed E-state index contributed by atoms with van der Waals surface area (Å²) in [4.78, 5) is 0. The number of hydrogen-bond donors (Lipinski definition) is 0. The van der Waals surface area contributed by atoms with Gasteiger partial charge in [-0.2, -0.15) is 4.40 Å². The van der Waals surface area contributed by atoms with Crippen LogP contribution in [0.5, 0.6) is 5.75 Å². The zero-order valence-electron chi connectivity index (χ0n) is 12.0. The highest BCUT2D eigenvalue weighted by molar-refractivity contribution is 7.85. The highest BCUT2D eigenvalue weighted by atomic mass is 32.2. The smallest absolute Gasteiger partial charge is 0.145 e. The second kappa shape index (κ2) is 5.45. The molecule has 19 heavy (non-hydrogen) atoms. The third kappa shape index (κ3) is 3.24. The lowest BCUT2D eigenvalue weighted by Crippen LogP contribution is -2.22.